The molecule has 116 valence electrons. The van der Waals surface area contributed by atoms with Gasteiger partial charge in [-0.2, -0.15) is 13.2 Å². The van der Waals surface area contributed by atoms with Crippen LogP contribution in [0.3, 0.4) is 0 Å². The van der Waals surface area contributed by atoms with Crippen LogP contribution in [0.1, 0.15) is 16.7 Å². The zero-order valence-electron chi connectivity index (χ0n) is 11.7. The van der Waals surface area contributed by atoms with E-state index in [1.165, 1.54) is 12.1 Å². The van der Waals surface area contributed by atoms with Crippen molar-refractivity contribution in [2.75, 3.05) is 5.32 Å². The number of hydrogen-bond acceptors (Lipinski definition) is 1. The highest BCUT2D eigenvalue weighted by Crippen LogP contribution is 2.29. The molecule has 2 aromatic carbocycles. The van der Waals surface area contributed by atoms with Gasteiger partial charge in [0.25, 0.3) is 0 Å². The van der Waals surface area contributed by atoms with Crippen LogP contribution < -0.4 is 5.32 Å². The number of carbonyl (C=O) groups excluding carboxylic acids is 1. The number of amides is 1. The van der Waals surface area contributed by atoms with Crippen LogP contribution in [0.5, 0.6) is 0 Å². The molecule has 1 amide bonds. The molecule has 0 heterocycles. The standard InChI is InChI=1S/C16H13ClF3NO/c1-10-5-6-14(13(17)7-10)21-15(22)9-11-3-2-4-12(8-11)16(18,19)20/h2-8H,9H2,1H3,(H,21,22). The summed E-state index contributed by atoms with van der Waals surface area (Å²) in [4.78, 5) is 11.9. The molecule has 0 aromatic heterocycles. The summed E-state index contributed by atoms with van der Waals surface area (Å²) in [7, 11) is 0. The molecule has 0 fully saturated rings. The van der Waals surface area contributed by atoms with Gasteiger partial charge in [0, 0.05) is 0 Å². The van der Waals surface area contributed by atoms with Gasteiger partial charge in [-0.25, -0.2) is 0 Å². The molecule has 1 N–H and O–H groups in total. The van der Waals surface area contributed by atoms with Gasteiger partial charge in [-0.05, 0) is 36.2 Å². The molecular formula is C16H13ClF3NO. The van der Waals surface area contributed by atoms with E-state index < -0.39 is 17.6 Å². The van der Waals surface area contributed by atoms with Gasteiger partial charge in [-0.3, -0.25) is 4.79 Å². The lowest BCUT2D eigenvalue weighted by molar-refractivity contribution is -0.137. The van der Waals surface area contributed by atoms with Crippen molar-refractivity contribution in [3.63, 3.8) is 0 Å². The fourth-order valence-corrected chi connectivity index (χ4v) is 2.24. The van der Waals surface area contributed by atoms with E-state index in [1.54, 1.807) is 18.2 Å². The lowest BCUT2D eigenvalue weighted by atomic mass is 10.1. The molecule has 0 atom stereocenters. The van der Waals surface area contributed by atoms with Crippen molar-refractivity contribution in [3.05, 3.63) is 64.2 Å². The normalized spacial score (nSPS) is 11.3. The number of benzene rings is 2. The van der Waals surface area contributed by atoms with Crippen LogP contribution in [0.2, 0.25) is 5.02 Å². The van der Waals surface area contributed by atoms with E-state index in [-0.39, 0.29) is 12.0 Å². The summed E-state index contributed by atoms with van der Waals surface area (Å²) in [5.41, 5.74) is 0.895. The highest BCUT2D eigenvalue weighted by atomic mass is 35.5. The Morgan fingerprint density at radius 2 is 1.91 bits per heavy atom. The van der Waals surface area contributed by atoms with Crippen LogP contribution in [0.25, 0.3) is 0 Å². The molecule has 0 bridgehead atoms. The number of hydrogen-bond donors (Lipinski definition) is 1. The largest absolute Gasteiger partial charge is 0.416 e. The van der Waals surface area contributed by atoms with Crippen molar-refractivity contribution in [2.24, 2.45) is 0 Å². The molecule has 0 aliphatic carbocycles. The maximum atomic E-state index is 12.6. The molecule has 2 nitrogen and oxygen atoms in total. The number of nitrogens with one attached hydrogen (secondary N) is 1. The molecule has 0 saturated carbocycles. The summed E-state index contributed by atoms with van der Waals surface area (Å²) < 4.78 is 37.9. The van der Waals surface area contributed by atoms with Crippen LogP contribution in [-0.4, -0.2) is 5.91 Å². The summed E-state index contributed by atoms with van der Waals surface area (Å²) in [5, 5.41) is 2.98. The topological polar surface area (TPSA) is 29.1 Å². The smallest absolute Gasteiger partial charge is 0.324 e. The van der Waals surface area contributed by atoms with Gasteiger partial charge in [-0.1, -0.05) is 35.9 Å². The molecule has 0 spiro atoms. The summed E-state index contributed by atoms with van der Waals surface area (Å²) in [6.07, 6.45) is -4.58. The maximum Gasteiger partial charge on any atom is 0.416 e. The number of rotatable bonds is 3. The van der Waals surface area contributed by atoms with Crippen LogP contribution in [0.15, 0.2) is 42.5 Å². The van der Waals surface area contributed by atoms with Gasteiger partial charge >= 0.3 is 6.18 Å². The molecule has 6 heteroatoms. The van der Waals surface area contributed by atoms with Crippen molar-refractivity contribution in [2.45, 2.75) is 19.5 Å². The Kier molecular flexibility index (Phi) is 4.76. The van der Waals surface area contributed by atoms with Crippen LogP contribution in [0, 0.1) is 6.92 Å². The van der Waals surface area contributed by atoms with Gasteiger partial charge in [0.05, 0.1) is 22.7 Å². The molecule has 0 radical (unpaired) electrons. The molecule has 0 aliphatic heterocycles. The highest BCUT2D eigenvalue weighted by Gasteiger charge is 2.30. The minimum Gasteiger partial charge on any atom is -0.324 e. The lowest BCUT2D eigenvalue weighted by Gasteiger charge is -2.10. The second-order valence-corrected chi connectivity index (χ2v) is 5.31. The van der Waals surface area contributed by atoms with Crippen LogP contribution in [-0.2, 0) is 17.4 Å². The van der Waals surface area contributed by atoms with Gasteiger partial charge < -0.3 is 5.32 Å². The summed E-state index contributed by atoms with van der Waals surface area (Å²) in [6.45, 7) is 1.86. The van der Waals surface area contributed by atoms with E-state index in [0.29, 0.717) is 10.7 Å². The van der Waals surface area contributed by atoms with Gasteiger partial charge in [0.1, 0.15) is 0 Å². The fraction of sp³-hybridized carbons (Fsp3) is 0.188. The van der Waals surface area contributed by atoms with Gasteiger partial charge in [-0.15, -0.1) is 0 Å². The van der Waals surface area contributed by atoms with Crippen molar-refractivity contribution in [3.8, 4) is 0 Å². The van der Waals surface area contributed by atoms with Gasteiger partial charge in [0.2, 0.25) is 5.91 Å². The van der Waals surface area contributed by atoms with E-state index in [2.05, 4.69) is 5.32 Å². The molecule has 22 heavy (non-hydrogen) atoms. The Morgan fingerprint density at radius 1 is 1.18 bits per heavy atom. The van der Waals surface area contributed by atoms with Gasteiger partial charge in [0.15, 0.2) is 0 Å². The first kappa shape index (κ1) is 16.4. The van der Waals surface area contributed by atoms with Crippen molar-refractivity contribution < 1.29 is 18.0 Å². The van der Waals surface area contributed by atoms with Crippen molar-refractivity contribution in [1.29, 1.82) is 0 Å². The van der Waals surface area contributed by atoms with E-state index in [4.69, 9.17) is 11.6 Å². The second-order valence-electron chi connectivity index (χ2n) is 4.91. The highest BCUT2D eigenvalue weighted by molar-refractivity contribution is 6.33. The third kappa shape index (κ3) is 4.24. The molecule has 0 unspecified atom stereocenters. The summed E-state index contributed by atoms with van der Waals surface area (Å²) in [6, 6.07) is 9.83. The Bertz CT molecular complexity index is 698. The third-order valence-corrected chi connectivity index (χ3v) is 3.33. The molecule has 2 aromatic rings. The summed E-state index contributed by atoms with van der Waals surface area (Å²) >= 11 is 6.00. The monoisotopic (exact) mass is 327 g/mol. The van der Waals surface area contributed by atoms with Crippen molar-refractivity contribution >= 4 is 23.2 Å². The average molecular weight is 328 g/mol. The first-order chi connectivity index (χ1) is 10.3. The predicted octanol–water partition coefficient (Wildman–Crippen LogP) is 4.85. The first-order valence-electron chi connectivity index (χ1n) is 6.48. The molecule has 0 saturated heterocycles. The quantitative estimate of drug-likeness (QED) is 0.858. The van der Waals surface area contributed by atoms with Crippen LogP contribution >= 0.6 is 11.6 Å². The molecule has 2 rings (SSSR count). The zero-order chi connectivity index (χ0) is 16.3. The van der Waals surface area contributed by atoms with E-state index >= 15 is 0 Å². The zero-order valence-corrected chi connectivity index (χ0v) is 12.4. The second kappa shape index (κ2) is 6.40. The third-order valence-electron chi connectivity index (χ3n) is 3.02. The minimum absolute atomic E-state index is 0.159. The number of halogens is 4. The number of anilines is 1. The number of alkyl halides is 3. The molecular weight excluding hydrogens is 315 g/mol. The Labute approximate surface area is 130 Å². The Morgan fingerprint density at radius 3 is 2.55 bits per heavy atom. The SMILES string of the molecule is Cc1ccc(NC(=O)Cc2cccc(C(F)(F)F)c2)c(Cl)c1. The number of aryl methyl sites for hydroxylation is 1. The van der Waals surface area contributed by atoms with Crippen LogP contribution in [0.4, 0.5) is 18.9 Å². The number of carbonyl (C=O) groups is 1. The maximum absolute atomic E-state index is 12.6. The Hall–Kier alpha value is -2.01. The first-order valence-corrected chi connectivity index (χ1v) is 6.85. The summed E-state index contributed by atoms with van der Waals surface area (Å²) in [5.74, 6) is -0.426. The predicted molar refractivity (Wildman–Crippen MR) is 80.0 cm³/mol. The average Bonchev–Trinajstić information content (AvgIpc) is 2.41. The lowest BCUT2D eigenvalue weighted by Crippen LogP contribution is -2.15. The van der Waals surface area contributed by atoms with E-state index in [9.17, 15) is 18.0 Å². The molecule has 0 aliphatic rings. The van der Waals surface area contributed by atoms with E-state index in [0.717, 1.165) is 17.7 Å². The van der Waals surface area contributed by atoms with E-state index in [1.807, 2.05) is 6.92 Å². The van der Waals surface area contributed by atoms with Crippen molar-refractivity contribution in [1.82, 2.24) is 0 Å². The fourth-order valence-electron chi connectivity index (χ4n) is 1.96. The minimum atomic E-state index is -4.42. The Balaban J connectivity index is 2.09.